The molecule has 0 saturated carbocycles. The maximum Gasteiger partial charge on any atom is 0.254 e. The molecule has 112 valence electrons. The van der Waals surface area contributed by atoms with Crippen LogP contribution in [0.5, 0.6) is 0 Å². The molecule has 1 aromatic carbocycles. The molecule has 1 aliphatic rings. The van der Waals surface area contributed by atoms with E-state index in [1.807, 2.05) is 12.1 Å². The Bertz CT molecular complexity index is 566. The fourth-order valence-corrected chi connectivity index (χ4v) is 2.69. The second-order valence-corrected chi connectivity index (χ2v) is 5.37. The molecule has 0 aliphatic carbocycles. The monoisotopic (exact) mass is 286 g/mol. The zero-order valence-corrected chi connectivity index (χ0v) is 12.7. The number of unbranched alkanes of at least 4 members (excludes halogenated alkanes) is 1. The van der Waals surface area contributed by atoms with Crippen molar-refractivity contribution in [2.45, 2.75) is 39.2 Å². The number of nitrogens with zero attached hydrogens (tertiary/aromatic N) is 1. The molecular weight excluding hydrogens is 264 g/mol. The predicted octanol–water partition coefficient (Wildman–Crippen LogP) is 2.74. The standard InChI is InChI=1S/C17H22N2O2/c1-4-6-7-13-8-9-15-14(11-13)16(18-12(3)20)17(21)19(15)10-5-2/h5,8-9,11,16H,2,4,6-7,10H2,1,3H3,(H,18,20). The minimum Gasteiger partial charge on any atom is -0.341 e. The van der Waals surface area contributed by atoms with Crippen molar-refractivity contribution >= 4 is 17.5 Å². The number of anilines is 1. The van der Waals surface area contributed by atoms with Crippen molar-refractivity contribution in [3.05, 3.63) is 42.0 Å². The number of rotatable bonds is 6. The molecule has 0 fully saturated rings. The summed E-state index contributed by atoms with van der Waals surface area (Å²) < 4.78 is 0. The van der Waals surface area contributed by atoms with Crippen LogP contribution in [0.2, 0.25) is 0 Å². The number of fused-ring (bicyclic) bond motifs is 1. The molecular formula is C17H22N2O2. The van der Waals surface area contributed by atoms with E-state index in [9.17, 15) is 9.59 Å². The first kappa shape index (κ1) is 15.3. The van der Waals surface area contributed by atoms with Crippen molar-refractivity contribution in [3.63, 3.8) is 0 Å². The first-order valence-corrected chi connectivity index (χ1v) is 7.40. The molecule has 1 unspecified atom stereocenters. The highest BCUT2D eigenvalue weighted by Crippen LogP contribution is 2.36. The highest BCUT2D eigenvalue weighted by Gasteiger charge is 2.37. The third kappa shape index (κ3) is 3.15. The van der Waals surface area contributed by atoms with Gasteiger partial charge < -0.3 is 10.2 Å². The van der Waals surface area contributed by atoms with Crippen LogP contribution in [0.25, 0.3) is 0 Å². The SMILES string of the molecule is C=CCN1C(=O)C(NC(C)=O)c2cc(CCCC)ccc21. The molecule has 1 atom stereocenters. The lowest BCUT2D eigenvalue weighted by molar-refractivity contribution is -0.126. The predicted molar refractivity (Wildman–Crippen MR) is 84.2 cm³/mol. The Balaban J connectivity index is 2.37. The van der Waals surface area contributed by atoms with Gasteiger partial charge in [0.1, 0.15) is 6.04 Å². The van der Waals surface area contributed by atoms with Gasteiger partial charge >= 0.3 is 0 Å². The molecule has 1 N–H and O–H groups in total. The van der Waals surface area contributed by atoms with Gasteiger partial charge in [0, 0.05) is 24.7 Å². The first-order valence-electron chi connectivity index (χ1n) is 7.40. The van der Waals surface area contributed by atoms with Gasteiger partial charge in [-0.25, -0.2) is 0 Å². The number of hydrogen-bond donors (Lipinski definition) is 1. The molecule has 0 spiro atoms. The quantitative estimate of drug-likeness (QED) is 0.817. The number of carbonyl (C=O) groups excluding carboxylic acids is 2. The van der Waals surface area contributed by atoms with E-state index in [1.54, 1.807) is 11.0 Å². The normalized spacial score (nSPS) is 16.8. The van der Waals surface area contributed by atoms with E-state index in [0.29, 0.717) is 6.54 Å². The summed E-state index contributed by atoms with van der Waals surface area (Å²) in [5.41, 5.74) is 2.98. The Hall–Kier alpha value is -2.10. The minimum absolute atomic E-state index is 0.0901. The minimum atomic E-state index is -0.570. The molecule has 2 amide bonds. The number of carbonyl (C=O) groups is 2. The van der Waals surface area contributed by atoms with Gasteiger partial charge in [0.2, 0.25) is 5.91 Å². The summed E-state index contributed by atoms with van der Waals surface area (Å²) in [6.07, 6.45) is 4.94. The summed E-state index contributed by atoms with van der Waals surface area (Å²) in [5.74, 6) is -0.286. The van der Waals surface area contributed by atoms with Crippen LogP contribution in [0.3, 0.4) is 0 Å². The number of amides is 2. The van der Waals surface area contributed by atoms with Crippen molar-refractivity contribution in [1.29, 1.82) is 0 Å². The molecule has 0 aromatic heterocycles. The molecule has 2 rings (SSSR count). The molecule has 4 heteroatoms. The smallest absolute Gasteiger partial charge is 0.254 e. The Kier molecular flexibility index (Phi) is 4.78. The molecule has 21 heavy (non-hydrogen) atoms. The molecule has 0 saturated heterocycles. The molecule has 0 bridgehead atoms. The Labute approximate surface area is 125 Å². The number of nitrogens with one attached hydrogen (secondary N) is 1. The van der Waals surface area contributed by atoms with Crippen LogP contribution < -0.4 is 10.2 Å². The maximum absolute atomic E-state index is 12.5. The maximum atomic E-state index is 12.5. The topological polar surface area (TPSA) is 49.4 Å². The van der Waals surface area contributed by atoms with Crippen LogP contribution >= 0.6 is 0 Å². The number of hydrogen-bond acceptors (Lipinski definition) is 2. The van der Waals surface area contributed by atoms with Crippen LogP contribution in [-0.2, 0) is 16.0 Å². The van der Waals surface area contributed by atoms with Crippen LogP contribution in [0.15, 0.2) is 30.9 Å². The van der Waals surface area contributed by atoms with Gasteiger partial charge in [-0.1, -0.05) is 31.6 Å². The summed E-state index contributed by atoms with van der Waals surface area (Å²) in [4.78, 5) is 25.5. The second-order valence-electron chi connectivity index (χ2n) is 5.37. The van der Waals surface area contributed by atoms with Gasteiger partial charge in [-0.05, 0) is 24.5 Å². The first-order chi connectivity index (χ1) is 10.1. The van der Waals surface area contributed by atoms with Gasteiger partial charge in [-0.15, -0.1) is 6.58 Å². The summed E-state index contributed by atoms with van der Waals surface area (Å²) in [5, 5.41) is 2.75. The second kappa shape index (κ2) is 6.57. The van der Waals surface area contributed by atoms with Gasteiger partial charge in [-0.2, -0.15) is 0 Å². The van der Waals surface area contributed by atoms with Crippen molar-refractivity contribution in [3.8, 4) is 0 Å². The number of benzene rings is 1. The summed E-state index contributed by atoms with van der Waals surface area (Å²) in [6, 6.07) is 5.52. The van der Waals surface area contributed by atoms with E-state index >= 15 is 0 Å². The summed E-state index contributed by atoms with van der Waals surface area (Å²) in [7, 11) is 0. The highest BCUT2D eigenvalue weighted by molar-refractivity contribution is 6.06. The lowest BCUT2D eigenvalue weighted by Crippen LogP contribution is -2.36. The van der Waals surface area contributed by atoms with E-state index in [0.717, 1.165) is 30.5 Å². The Morgan fingerprint density at radius 2 is 2.24 bits per heavy atom. The van der Waals surface area contributed by atoms with Gasteiger partial charge in [0.05, 0.1) is 0 Å². The Morgan fingerprint density at radius 3 is 2.86 bits per heavy atom. The van der Waals surface area contributed by atoms with E-state index in [4.69, 9.17) is 0 Å². The molecule has 0 radical (unpaired) electrons. The fourth-order valence-electron chi connectivity index (χ4n) is 2.69. The van der Waals surface area contributed by atoms with Crippen molar-refractivity contribution in [1.82, 2.24) is 5.32 Å². The van der Waals surface area contributed by atoms with Gasteiger partial charge in [0.25, 0.3) is 5.91 Å². The lowest BCUT2D eigenvalue weighted by atomic mass is 10.0. The zero-order chi connectivity index (χ0) is 15.4. The average molecular weight is 286 g/mol. The van der Waals surface area contributed by atoms with Crippen molar-refractivity contribution in [2.75, 3.05) is 11.4 Å². The third-order valence-corrected chi connectivity index (χ3v) is 3.69. The molecule has 1 heterocycles. The summed E-state index contributed by atoms with van der Waals surface area (Å²) in [6.45, 7) is 7.74. The van der Waals surface area contributed by atoms with Gasteiger partial charge in [0.15, 0.2) is 0 Å². The van der Waals surface area contributed by atoms with E-state index in [1.165, 1.54) is 12.5 Å². The summed E-state index contributed by atoms with van der Waals surface area (Å²) >= 11 is 0. The van der Waals surface area contributed by atoms with Crippen molar-refractivity contribution < 1.29 is 9.59 Å². The molecule has 4 nitrogen and oxygen atoms in total. The third-order valence-electron chi connectivity index (χ3n) is 3.69. The largest absolute Gasteiger partial charge is 0.341 e. The molecule has 1 aromatic rings. The van der Waals surface area contributed by atoms with Crippen molar-refractivity contribution in [2.24, 2.45) is 0 Å². The van der Waals surface area contributed by atoms with Crippen LogP contribution in [-0.4, -0.2) is 18.4 Å². The molecule has 1 aliphatic heterocycles. The van der Waals surface area contributed by atoms with E-state index in [2.05, 4.69) is 24.9 Å². The van der Waals surface area contributed by atoms with E-state index in [-0.39, 0.29) is 11.8 Å². The fraction of sp³-hybridized carbons (Fsp3) is 0.412. The average Bonchev–Trinajstić information content (AvgIpc) is 2.70. The van der Waals surface area contributed by atoms with E-state index < -0.39 is 6.04 Å². The highest BCUT2D eigenvalue weighted by atomic mass is 16.2. The van der Waals surface area contributed by atoms with Crippen LogP contribution in [0.4, 0.5) is 5.69 Å². The number of aryl methyl sites for hydroxylation is 1. The zero-order valence-electron chi connectivity index (χ0n) is 12.7. The van der Waals surface area contributed by atoms with Gasteiger partial charge in [-0.3, -0.25) is 9.59 Å². The Morgan fingerprint density at radius 1 is 1.48 bits per heavy atom. The lowest BCUT2D eigenvalue weighted by Gasteiger charge is -2.15. The van der Waals surface area contributed by atoms with Crippen LogP contribution in [0.1, 0.15) is 43.9 Å². The van der Waals surface area contributed by atoms with Crippen LogP contribution in [0, 0.1) is 0 Å².